The maximum Gasteiger partial charge on any atom is 0.419 e. The Morgan fingerprint density at radius 1 is 1.17 bits per heavy atom. The van der Waals surface area contributed by atoms with E-state index in [-0.39, 0.29) is 12.2 Å². The van der Waals surface area contributed by atoms with Crippen LogP contribution >= 0.6 is 0 Å². The van der Waals surface area contributed by atoms with Gasteiger partial charge >= 0.3 is 12.1 Å². The molecule has 1 aliphatic rings. The maximum absolute atomic E-state index is 11.5. The molecule has 0 aromatic heterocycles. The van der Waals surface area contributed by atoms with Crippen molar-refractivity contribution < 1.29 is 28.6 Å². The average molecular weight is 397 g/mol. The molecule has 2 aromatic rings. The molecule has 0 radical (unpaired) electrons. The van der Waals surface area contributed by atoms with Crippen LogP contribution < -0.4 is 21.5 Å². The predicted octanol–water partition coefficient (Wildman–Crippen LogP) is 1.71. The SMILES string of the molecule is COC(=O)C(N)Cc1ccc(Oc2ccc(/C=C3/OC(=O)NC3=O)cc2)cc1N. The Balaban J connectivity index is 1.66. The quantitative estimate of drug-likeness (QED) is 0.380. The highest BCUT2D eigenvalue weighted by Gasteiger charge is 2.25. The molecule has 1 saturated heterocycles. The Morgan fingerprint density at radius 2 is 1.86 bits per heavy atom. The number of alkyl carbamates (subject to hydrolysis) is 1. The fourth-order valence-electron chi connectivity index (χ4n) is 2.63. The van der Waals surface area contributed by atoms with E-state index >= 15 is 0 Å². The first-order chi connectivity index (χ1) is 13.9. The van der Waals surface area contributed by atoms with Crippen LogP contribution in [-0.2, 0) is 25.5 Å². The van der Waals surface area contributed by atoms with E-state index in [2.05, 4.69) is 4.74 Å². The molecule has 9 nitrogen and oxygen atoms in total. The van der Waals surface area contributed by atoms with E-state index < -0.39 is 24.0 Å². The van der Waals surface area contributed by atoms with Gasteiger partial charge in [0.2, 0.25) is 0 Å². The van der Waals surface area contributed by atoms with Crippen molar-refractivity contribution in [3.8, 4) is 11.5 Å². The lowest BCUT2D eigenvalue weighted by molar-refractivity contribution is -0.142. The number of rotatable bonds is 6. The number of cyclic esters (lactones) is 1. The van der Waals surface area contributed by atoms with Crippen molar-refractivity contribution in [2.24, 2.45) is 5.73 Å². The molecule has 5 N–H and O–H groups in total. The van der Waals surface area contributed by atoms with E-state index in [9.17, 15) is 14.4 Å². The number of methoxy groups -OCH3 is 1. The van der Waals surface area contributed by atoms with Crippen molar-refractivity contribution in [1.82, 2.24) is 5.32 Å². The maximum atomic E-state index is 11.5. The van der Waals surface area contributed by atoms with E-state index in [4.69, 9.17) is 20.9 Å². The van der Waals surface area contributed by atoms with Gasteiger partial charge in [-0.05, 0) is 35.4 Å². The molecule has 29 heavy (non-hydrogen) atoms. The van der Waals surface area contributed by atoms with Gasteiger partial charge in [-0.25, -0.2) is 4.79 Å². The number of hydrogen-bond donors (Lipinski definition) is 3. The molecule has 1 unspecified atom stereocenters. The zero-order chi connectivity index (χ0) is 21.0. The van der Waals surface area contributed by atoms with Gasteiger partial charge in [-0.3, -0.25) is 14.9 Å². The van der Waals surface area contributed by atoms with Crippen LogP contribution in [0, 0.1) is 0 Å². The standard InChI is InChI=1S/C20H19N3O6/c1-27-19(25)16(22)9-12-4-7-14(10-15(12)21)28-13-5-2-11(3-6-13)8-17-18(24)23-20(26)29-17/h2-8,10,16H,9,21-22H2,1H3,(H,23,24,26)/b17-8+. The minimum atomic E-state index is -0.796. The third-order valence-electron chi connectivity index (χ3n) is 4.12. The predicted molar refractivity (Wildman–Crippen MR) is 104 cm³/mol. The van der Waals surface area contributed by atoms with Crippen molar-refractivity contribution in [2.45, 2.75) is 12.5 Å². The van der Waals surface area contributed by atoms with Crippen LogP contribution in [0.25, 0.3) is 6.08 Å². The summed E-state index contributed by atoms with van der Waals surface area (Å²) in [6.07, 6.45) is 0.900. The van der Waals surface area contributed by atoms with Crippen molar-refractivity contribution in [3.63, 3.8) is 0 Å². The van der Waals surface area contributed by atoms with Crippen molar-refractivity contribution in [1.29, 1.82) is 0 Å². The summed E-state index contributed by atoms with van der Waals surface area (Å²) in [6, 6.07) is 11.1. The third-order valence-corrected chi connectivity index (χ3v) is 4.12. The normalized spacial score (nSPS) is 15.6. The summed E-state index contributed by atoms with van der Waals surface area (Å²) in [5.74, 6) is -0.119. The molecule has 9 heteroatoms. The molecule has 0 spiro atoms. The van der Waals surface area contributed by atoms with Crippen molar-refractivity contribution in [3.05, 3.63) is 59.4 Å². The van der Waals surface area contributed by atoms with Crippen LogP contribution in [0.3, 0.4) is 0 Å². The number of nitrogen functional groups attached to an aromatic ring is 1. The molecule has 1 heterocycles. The van der Waals surface area contributed by atoms with Crippen LogP contribution in [0.15, 0.2) is 48.2 Å². The lowest BCUT2D eigenvalue weighted by Gasteiger charge is -2.13. The topological polar surface area (TPSA) is 143 Å². The molecule has 3 rings (SSSR count). The number of nitrogens with two attached hydrogens (primary N) is 2. The molecule has 0 aliphatic carbocycles. The molecule has 1 aliphatic heterocycles. The first-order valence-corrected chi connectivity index (χ1v) is 8.60. The van der Waals surface area contributed by atoms with Gasteiger partial charge in [-0.1, -0.05) is 18.2 Å². The van der Waals surface area contributed by atoms with Gasteiger partial charge in [0, 0.05) is 18.2 Å². The number of ether oxygens (including phenoxy) is 3. The number of imide groups is 1. The van der Waals surface area contributed by atoms with E-state index in [0.29, 0.717) is 28.3 Å². The Morgan fingerprint density at radius 3 is 2.45 bits per heavy atom. The van der Waals surface area contributed by atoms with Gasteiger partial charge in [0.15, 0.2) is 5.76 Å². The second-order valence-corrected chi connectivity index (χ2v) is 6.22. The van der Waals surface area contributed by atoms with Gasteiger partial charge in [-0.15, -0.1) is 0 Å². The summed E-state index contributed by atoms with van der Waals surface area (Å²) < 4.78 is 15.1. The molecule has 150 valence electrons. The third kappa shape index (κ3) is 4.90. The van der Waals surface area contributed by atoms with Crippen LogP contribution in [0.4, 0.5) is 10.5 Å². The number of benzene rings is 2. The van der Waals surface area contributed by atoms with Crippen LogP contribution in [0.1, 0.15) is 11.1 Å². The number of esters is 1. The van der Waals surface area contributed by atoms with Gasteiger partial charge < -0.3 is 25.7 Å². The summed E-state index contributed by atoms with van der Waals surface area (Å²) in [5, 5.41) is 2.02. The van der Waals surface area contributed by atoms with Crippen LogP contribution in [-0.4, -0.2) is 31.1 Å². The number of amides is 2. The monoisotopic (exact) mass is 397 g/mol. The fourth-order valence-corrected chi connectivity index (χ4v) is 2.63. The smallest absolute Gasteiger partial charge is 0.419 e. The van der Waals surface area contributed by atoms with Crippen LogP contribution in [0.5, 0.6) is 11.5 Å². The lowest BCUT2D eigenvalue weighted by atomic mass is 10.0. The molecule has 0 saturated carbocycles. The minimum absolute atomic E-state index is 0.0720. The van der Waals surface area contributed by atoms with E-state index in [1.807, 2.05) is 5.32 Å². The molecular weight excluding hydrogens is 378 g/mol. The van der Waals surface area contributed by atoms with Crippen LogP contribution in [0.2, 0.25) is 0 Å². The molecular formula is C20H19N3O6. The minimum Gasteiger partial charge on any atom is -0.468 e. The largest absolute Gasteiger partial charge is 0.468 e. The summed E-state index contributed by atoms with van der Waals surface area (Å²) in [4.78, 5) is 33.9. The highest BCUT2D eigenvalue weighted by molar-refractivity contribution is 6.09. The molecule has 2 amide bonds. The first kappa shape index (κ1) is 19.9. The van der Waals surface area contributed by atoms with Gasteiger partial charge in [0.25, 0.3) is 5.91 Å². The number of carbonyl (C=O) groups is 3. The molecule has 0 bridgehead atoms. The lowest BCUT2D eigenvalue weighted by Crippen LogP contribution is -2.33. The van der Waals surface area contributed by atoms with E-state index in [0.717, 1.165) is 0 Å². The van der Waals surface area contributed by atoms with Gasteiger partial charge in [-0.2, -0.15) is 0 Å². The zero-order valence-electron chi connectivity index (χ0n) is 15.5. The summed E-state index contributed by atoms with van der Waals surface area (Å²) in [6.45, 7) is 0. The average Bonchev–Trinajstić information content (AvgIpc) is 3.01. The van der Waals surface area contributed by atoms with Gasteiger partial charge in [0.1, 0.15) is 17.5 Å². The summed E-state index contributed by atoms with van der Waals surface area (Å²) in [7, 11) is 1.28. The summed E-state index contributed by atoms with van der Waals surface area (Å²) >= 11 is 0. The Bertz CT molecular complexity index is 984. The molecule has 2 aromatic carbocycles. The molecule has 1 atom stereocenters. The van der Waals surface area contributed by atoms with E-state index in [1.54, 1.807) is 42.5 Å². The zero-order valence-corrected chi connectivity index (χ0v) is 15.5. The van der Waals surface area contributed by atoms with E-state index in [1.165, 1.54) is 13.2 Å². The van der Waals surface area contributed by atoms with Crippen molar-refractivity contribution in [2.75, 3.05) is 12.8 Å². The second-order valence-electron chi connectivity index (χ2n) is 6.22. The first-order valence-electron chi connectivity index (χ1n) is 8.60. The highest BCUT2D eigenvalue weighted by atomic mass is 16.6. The fraction of sp³-hybridized carbons (Fsp3) is 0.150. The van der Waals surface area contributed by atoms with Crippen molar-refractivity contribution >= 4 is 29.7 Å². The Hall–Kier alpha value is -3.85. The number of carbonyl (C=O) groups excluding carboxylic acids is 3. The van der Waals surface area contributed by atoms with Gasteiger partial charge in [0.05, 0.1) is 7.11 Å². The number of nitrogens with one attached hydrogen (secondary N) is 1. The number of hydrogen-bond acceptors (Lipinski definition) is 8. The Labute approximate surface area is 166 Å². The second kappa shape index (κ2) is 8.44. The Kier molecular flexibility index (Phi) is 5.79. The number of anilines is 1. The summed E-state index contributed by atoms with van der Waals surface area (Å²) in [5.41, 5.74) is 13.6. The highest BCUT2D eigenvalue weighted by Crippen LogP contribution is 2.27. The molecule has 1 fully saturated rings.